The first kappa shape index (κ1) is 16.2. The summed E-state index contributed by atoms with van der Waals surface area (Å²) in [6.07, 6.45) is 4.63. The van der Waals surface area contributed by atoms with E-state index in [-0.39, 0.29) is 0 Å². The van der Waals surface area contributed by atoms with Gasteiger partial charge >= 0.3 is 5.97 Å². The Morgan fingerprint density at radius 3 is 2.59 bits per heavy atom. The summed E-state index contributed by atoms with van der Waals surface area (Å²) in [7, 11) is 0. The third kappa shape index (κ3) is 3.34. The van der Waals surface area contributed by atoms with Crippen LogP contribution in [0.3, 0.4) is 0 Å². The average molecular weight is 299 g/mol. The van der Waals surface area contributed by atoms with Gasteiger partial charge in [-0.2, -0.15) is 0 Å². The zero-order chi connectivity index (χ0) is 16.5. The van der Waals surface area contributed by atoms with Crippen LogP contribution in [0.4, 0.5) is 0 Å². The number of carboxylic acid groups (broad SMARTS) is 1. The second kappa shape index (κ2) is 5.89. The maximum Gasteiger partial charge on any atom is 0.312 e. The maximum absolute atomic E-state index is 11.2. The van der Waals surface area contributed by atoms with E-state index in [2.05, 4.69) is 4.98 Å². The molecule has 0 aliphatic heterocycles. The molecule has 0 aliphatic carbocycles. The van der Waals surface area contributed by atoms with E-state index in [4.69, 9.17) is 5.11 Å². The van der Waals surface area contributed by atoms with Crippen LogP contribution in [0.2, 0.25) is 0 Å². The van der Waals surface area contributed by atoms with E-state index in [0.29, 0.717) is 0 Å². The number of nitrogens with zero attached hydrogens (tertiary/aromatic N) is 1. The zero-order valence-electron chi connectivity index (χ0n) is 13.3. The lowest BCUT2D eigenvalue weighted by Crippen LogP contribution is -2.20. The van der Waals surface area contributed by atoms with E-state index >= 15 is 0 Å². The van der Waals surface area contributed by atoms with Gasteiger partial charge < -0.3 is 10.2 Å². The quantitative estimate of drug-likeness (QED) is 0.902. The molecule has 4 heteroatoms. The number of rotatable bonds is 4. The van der Waals surface area contributed by atoms with Crippen LogP contribution in [-0.2, 0) is 4.79 Å². The van der Waals surface area contributed by atoms with E-state index in [0.717, 1.165) is 27.6 Å². The molecule has 0 fully saturated rings. The van der Waals surface area contributed by atoms with E-state index < -0.39 is 17.5 Å². The molecule has 1 aromatic heterocycles. The molecule has 2 N–H and O–H groups in total. The van der Waals surface area contributed by atoms with Gasteiger partial charge in [0.2, 0.25) is 0 Å². The number of carbonyl (C=O) groups is 1. The Kier molecular flexibility index (Phi) is 4.33. The maximum atomic E-state index is 11.2. The highest BCUT2D eigenvalue weighted by Gasteiger charge is 2.23. The van der Waals surface area contributed by atoms with E-state index in [9.17, 15) is 9.90 Å². The van der Waals surface area contributed by atoms with Crippen molar-refractivity contribution in [2.75, 3.05) is 0 Å². The molecule has 2 aromatic rings. The first-order chi connectivity index (χ1) is 10.2. The number of aliphatic carboxylic acids is 1. The second-order valence-electron chi connectivity index (χ2n) is 6.21. The SMILES string of the molecule is Cc1cc2ncc(C(C)O)cc2cc1C=CC(C)(C)C(=O)O. The fourth-order valence-electron chi connectivity index (χ4n) is 2.09. The Bertz CT molecular complexity index is 745. The number of pyridine rings is 1. The molecular formula is C18H21NO3. The molecule has 0 amide bonds. The molecule has 22 heavy (non-hydrogen) atoms. The highest BCUT2D eigenvalue weighted by atomic mass is 16.4. The third-order valence-electron chi connectivity index (χ3n) is 3.80. The molecule has 116 valence electrons. The number of aromatic nitrogens is 1. The Morgan fingerprint density at radius 2 is 2.00 bits per heavy atom. The summed E-state index contributed by atoms with van der Waals surface area (Å²) in [6.45, 7) is 7.00. The van der Waals surface area contributed by atoms with Crippen LogP contribution < -0.4 is 0 Å². The standard InChI is InChI=1S/C18H21NO3/c1-11-7-16-14(9-15(10-19-16)12(2)20)8-13(11)5-6-18(3,4)17(21)22/h5-10,12,20H,1-4H3,(H,21,22). The largest absolute Gasteiger partial charge is 0.481 e. The first-order valence-electron chi connectivity index (χ1n) is 7.22. The van der Waals surface area contributed by atoms with Crippen molar-refractivity contribution in [2.24, 2.45) is 5.41 Å². The number of fused-ring (bicyclic) bond motifs is 1. The number of aliphatic hydroxyl groups excluding tert-OH is 1. The molecule has 0 saturated carbocycles. The molecule has 1 aromatic carbocycles. The molecule has 0 spiro atoms. The fourth-order valence-corrected chi connectivity index (χ4v) is 2.09. The van der Waals surface area contributed by atoms with Gasteiger partial charge in [0.05, 0.1) is 17.0 Å². The summed E-state index contributed by atoms with van der Waals surface area (Å²) >= 11 is 0. The Hall–Kier alpha value is -2.20. The van der Waals surface area contributed by atoms with Crippen LogP contribution in [0.1, 0.15) is 43.6 Å². The van der Waals surface area contributed by atoms with Gasteiger partial charge in [-0.3, -0.25) is 9.78 Å². The van der Waals surface area contributed by atoms with E-state index in [1.165, 1.54) is 0 Å². The van der Waals surface area contributed by atoms with Gasteiger partial charge in [-0.05, 0) is 62.6 Å². The summed E-state index contributed by atoms with van der Waals surface area (Å²) < 4.78 is 0. The van der Waals surface area contributed by atoms with Gasteiger partial charge in [0.1, 0.15) is 0 Å². The highest BCUT2D eigenvalue weighted by Crippen LogP contribution is 2.25. The number of hydrogen-bond acceptors (Lipinski definition) is 3. The van der Waals surface area contributed by atoms with E-state index in [1.54, 1.807) is 33.0 Å². The number of hydrogen-bond donors (Lipinski definition) is 2. The second-order valence-corrected chi connectivity index (χ2v) is 6.21. The van der Waals surface area contributed by atoms with Gasteiger partial charge in [-0.1, -0.05) is 12.2 Å². The van der Waals surface area contributed by atoms with Crippen molar-refractivity contribution >= 4 is 22.9 Å². The molecule has 2 rings (SSSR count). The lowest BCUT2D eigenvalue weighted by molar-refractivity contribution is -0.144. The van der Waals surface area contributed by atoms with Gasteiger partial charge in [0, 0.05) is 11.6 Å². The lowest BCUT2D eigenvalue weighted by Gasteiger charge is -2.14. The number of aryl methyl sites for hydroxylation is 1. The Balaban J connectivity index is 2.48. The van der Waals surface area contributed by atoms with E-state index in [1.807, 2.05) is 31.2 Å². The number of benzene rings is 1. The molecule has 0 radical (unpaired) electrons. The zero-order valence-corrected chi connectivity index (χ0v) is 13.3. The summed E-state index contributed by atoms with van der Waals surface area (Å²) in [4.78, 5) is 15.5. The van der Waals surface area contributed by atoms with Gasteiger partial charge in [-0.25, -0.2) is 0 Å². The Morgan fingerprint density at radius 1 is 1.32 bits per heavy atom. The molecule has 1 unspecified atom stereocenters. The Labute approximate surface area is 130 Å². The normalized spacial score (nSPS) is 13.7. The van der Waals surface area contributed by atoms with Crippen molar-refractivity contribution in [3.8, 4) is 0 Å². The molecule has 0 bridgehead atoms. The topological polar surface area (TPSA) is 70.4 Å². The third-order valence-corrected chi connectivity index (χ3v) is 3.80. The predicted molar refractivity (Wildman–Crippen MR) is 87.6 cm³/mol. The highest BCUT2D eigenvalue weighted by molar-refractivity contribution is 5.84. The van der Waals surface area contributed by atoms with Gasteiger partial charge in [0.25, 0.3) is 0 Å². The summed E-state index contributed by atoms with van der Waals surface area (Å²) in [6, 6.07) is 5.85. The summed E-state index contributed by atoms with van der Waals surface area (Å²) in [5, 5.41) is 19.8. The van der Waals surface area contributed by atoms with Crippen LogP contribution in [0, 0.1) is 12.3 Å². The number of aliphatic hydroxyl groups is 1. The van der Waals surface area contributed by atoms with Crippen molar-refractivity contribution in [1.82, 2.24) is 4.98 Å². The number of carboxylic acids is 1. The predicted octanol–water partition coefficient (Wildman–Crippen LogP) is 3.72. The van der Waals surface area contributed by atoms with Crippen molar-refractivity contribution in [1.29, 1.82) is 0 Å². The molecule has 0 saturated heterocycles. The molecule has 1 atom stereocenters. The van der Waals surface area contributed by atoms with Crippen molar-refractivity contribution in [3.05, 3.63) is 47.2 Å². The van der Waals surface area contributed by atoms with Gasteiger partial charge in [0.15, 0.2) is 0 Å². The van der Waals surface area contributed by atoms with Crippen LogP contribution >= 0.6 is 0 Å². The average Bonchev–Trinajstić information content (AvgIpc) is 2.44. The van der Waals surface area contributed by atoms with Gasteiger partial charge in [-0.15, -0.1) is 0 Å². The van der Waals surface area contributed by atoms with Crippen molar-refractivity contribution in [2.45, 2.75) is 33.8 Å². The van der Waals surface area contributed by atoms with Crippen LogP contribution in [0.5, 0.6) is 0 Å². The lowest BCUT2D eigenvalue weighted by atomic mass is 9.91. The van der Waals surface area contributed by atoms with Crippen LogP contribution in [0.15, 0.2) is 30.5 Å². The van der Waals surface area contributed by atoms with Crippen molar-refractivity contribution in [3.63, 3.8) is 0 Å². The van der Waals surface area contributed by atoms with Crippen molar-refractivity contribution < 1.29 is 15.0 Å². The smallest absolute Gasteiger partial charge is 0.312 e. The minimum atomic E-state index is -0.916. The fraction of sp³-hybridized carbons (Fsp3) is 0.333. The first-order valence-corrected chi connectivity index (χ1v) is 7.22. The molecule has 4 nitrogen and oxygen atoms in total. The summed E-state index contributed by atoms with van der Waals surface area (Å²) in [5.41, 5.74) is 2.68. The molecule has 0 aliphatic rings. The van der Waals surface area contributed by atoms with Crippen LogP contribution in [0.25, 0.3) is 17.0 Å². The minimum Gasteiger partial charge on any atom is -0.481 e. The monoisotopic (exact) mass is 299 g/mol. The van der Waals surface area contributed by atoms with Crippen LogP contribution in [-0.4, -0.2) is 21.2 Å². The molecule has 1 heterocycles. The summed E-state index contributed by atoms with van der Waals surface area (Å²) in [5.74, 6) is -0.861. The molecular weight excluding hydrogens is 278 g/mol. The minimum absolute atomic E-state index is 0.567.